The molecule has 2 N–H and O–H groups in total. The van der Waals surface area contributed by atoms with E-state index in [9.17, 15) is 4.79 Å². The van der Waals surface area contributed by atoms with Crippen molar-refractivity contribution in [3.05, 3.63) is 0 Å². The summed E-state index contributed by atoms with van der Waals surface area (Å²) in [4.78, 5) is 15.0. The third-order valence-electron chi connectivity index (χ3n) is 1.95. The number of nitrogens with two attached hydrogens (primary N) is 1. The predicted molar refractivity (Wildman–Crippen MR) is 35.5 cm³/mol. The van der Waals surface area contributed by atoms with Gasteiger partial charge in [0.1, 0.15) is 6.10 Å². The Morgan fingerprint density at radius 3 is 3.09 bits per heavy atom. The highest BCUT2D eigenvalue weighted by Gasteiger charge is 2.44. The zero-order valence-corrected chi connectivity index (χ0v) is 6.03. The highest BCUT2D eigenvalue weighted by Crippen LogP contribution is 2.30. The largest absolute Gasteiger partial charge is 0.423 e. The van der Waals surface area contributed by atoms with Crippen LogP contribution in [0, 0.1) is 0 Å². The Labute approximate surface area is 64.0 Å². The molecule has 2 heterocycles. The number of fused-ring (bicyclic) bond motifs is 1. The van der Waals surface area contributed by atoms with E-state index in [4.69, 9.17) is 10.5 Å². The number of hydrogen-bond donors (Lipinski definition) is 1. The van der Waals surface area contributed by atoms with Crippen LogP contribution < -0.4 is 5.73 Å². The van der Waals surface area contributed by atoms with Crippen LogP contribution in [0.1, 0.15) is 6.42 Å². The van der Waals surface area contributed by atoms with Gasteiger partial charge in [-0.25, -0.2) is 4.79 Å². The topological polar surface area (TPSA) is 68.1 Å². The molecular weight excluding hydrogens is 148 g/mol. The number of primary amides is 1. The van der Waals surface area contributed by atoms with Gasteiger partial charge in [-0.2, -0.15) is 0 Å². The lowest BCUT2D eigenvalue weighted by Gasteiger charge is -2.20. The van der Waals surface area contributed by atoms with Crippen LogP contribution in [0.25, 0.3) is 0 Å². The van der Waals surface area contributed by atoms with Gasteiger partial charge in [0.15, 0.2) is 0 Å². The molecule has 0 radical (unpaired) electrons. The number of hydroxylamine groups is 2. The summed E-state index contributed by atoms with van der Waals surface area (Å²) in [6.45, 7) is 1.39. The average Bonchev–Trinajstić information content (AvgIpc) is 2.63. The smallest absolute Gasteiger partial charge is 0.368 e. The average molecular weight is 158 g/mol. The molecule has 2 atom stereocenters. The Balaban J connectivity index is 1.81. The minimum atomic E-state index is -0.746. The lowest BCUT2D eigenvalue weighted by atomic mass is 10.2. The number of amides is 1. The van der Waals surface area contributed by atoms with Crippen molar-refractivity contribution in [2.45, 2.75) is 18.6 Å². The molecule has 2 aliphatic heterocycles. The zero-order chi connectivity index (χ0) is 7.84. The molecule has 2 rings (SSSR count). The van der Waals surface area contributed by atoms with Crippen LogP contribution in [0.3, 0.4) is 0 Å². The van der Waals surface area contributed by atoms with Gasteiger partial charge in [0.2, 0.25) is 0 Å². The SMILES string of the molecule is NC(=O)ON1CCC2OC2C1. The fourth-order valence-electron chi connectivity index (χ4n) is 1.37. The van der Waals surface area contributed by atoms with E-state index in [0.29, 0.717) is 12.6 Å². The Bertz CT molecular complexity index is 185. The van der Waals surface area contributed by atoms with Crippen LogP contribution in [0.4, 0.5) is 4.79 Å². The van der Waals surface area contributed by atoms with Crippen molar-refractivity contribution in [1.29, 1.82) is 0 Å². The third kappa shape index (κ3) is 1.44. The highest BCUT2D eigenvalue weighted by molar-refractivity contribution is 5.64. The van der Waals surface area contributed by atoms with Gasteiger partial charge in [0.05, 0.1) is 12.6 Å². The number of carbonyl (C=O) groups is 1. The molecule has 0 aromatic rings. The number of hydrogen-bond acceptors (Lipinski definition) is 4. The molecule has 5 nitrogen and oxygen atoms in total. The second-order valence-corrected chi connectivity index (χ2v) is 2.80. The molecule has 0 aromatic heterocycles. The first kappa shape index (κ1) is 6.87. The van der Waals surface area contributed by atoms with Crippen LogP contribution in [0.15, 0.2) is 0 Å². The van der Waals surface area contributed by atoms with Gasteiger partial charge in [0.25, 0.3) is 0 Å². The summed E-state index contributed by atoms with van der Waals surface area (Å²) in [7, 11) is 0. The van der Waals surface area contributed by atoms with E-state index in [0.717, 1.165) is 13.0 Å². The number of epoxide rings is 1. The van der Waals surface area contributed by atoms with E-state index < -0.39 is 6.09 Å². The van der Waals surface area contributed by atoms with Gasteiger partial charge >= 0.3 is 6.09 Å². The Kier molecular flexibility index (Phi) is 1.47. The normalized spacial score (nSPS) is 36.0. The first-order valence-electron chi connectivity index (χ1n) is 3.63. The summed E-state index contributed by atoms with van der Waals surface area (Å²) >= 11 is 0. The molecule has 2 aliphatic rings. The van der Waals surface area contributed by atoms with Gasteiger partial charge in [-0.05, 0) is 6.42 Å². The molecule has 62 valence electrons. The lowest BCUT2D eigenvalue weighted by Crippen LogP contribution is -2.37. The lowest BCUT2D eigenvalue weighted by molar-refractivity contribution is -0.103. The Hall–Kier alpha value is -0.810. The van der Waals surface area contributed by atoms with E-state index in [2.05, 4.69) is 4.84 Å². The van der Waals surface area contributed by atoms with Gasteiger partial charge < -0.3 is 15.3 Å². The van der Waals surface area contributed by atoms with Crippen LogP contribution in [-0.4, -0.2) is 36.5 Å². The van der Waals surface area contributed by atoms with Crippen molar-refractivity contribution in [2.75, 3.05) is 13.1 Å². The number of ether oxygens (including phenoxy) is 1. The maximum absolute atomic E-state index is 10.3. The fourth-order valence-corrected chi connectivity index (χ4v) is 1.37. The van der Waals surface area contributed by atoms with Gasteiger partial charge in [-0.3, -0.25) is 0 Å². The molecule has 2 unspecified atom stereocenters. The summed E-state index contributed by atoms with van der Waals surface area (Å²) in [5.74, 6) is 0. The summed E-state index contributed by atoms with van der Waals surface area (Å²) < 4.78 is 5.22. The minimum absolute atomic E-state index is 0.267. The molecule has 2 fully saturated rings. The Morgan fingerprint density at radius 1 is 1.64 bits per heavy atom. The molecule has 2 saturated heterocycles. The molecule has 0 aliphatic carbocycles. The van der Waals surface area contributed by atoms with Crippen LogP contribution in [-0.2, 0) is 9.57 Å². The summed E-state index contributed by atoms with van der Waals surface area (Å²) in [6.07, 6.45) is 0.854. The van der Waals surface area contributed by atoms with Crippen molar-refractivity contribution in [3.63, 3.8) is 0 Å². The van der Waals surface area contributed by atoms with Gasteiger partial charge in [0, 0.05) is 6.54 Å². The van der Waals surface area contributed by atoms with Crippen molar-refractivity contribution in [3.8, 4) is 0 Å². The van der Waals surface area contributed by atoms with E-state index in [1.807, 2.05) is 0 Å². The summed E-state index contributed by atoms with van der Waals surface area (Å²) in [6, 6.07) is 0. The van der Waals surface area contributed by atoms with E-state index in [1.54, 1.807) is 5.06 Å². The number of carbonyl (C=O) groups excluding carboxylic acids is 1. The van der Waals surface area contributed by atoms with Crippen molar-refractivity contribution < 1.29 is 14.4 Å². The molecule has 0 saturated carbocycles. The van der Waals surface area contributed by atoms with Gasteiger partial charge in [-0.15, -0.1) is 5.06 Å². The Morgan fingerprint density at radius 2 is 2.45 bits per heavy atom. The number of nitrogens with zero attached hydrogens (tertiary/aromatic N) is 1. The van der Waals surface area contributed by atoms with Crippen LogP contribution in [0.5, 0.6) is 0 Å². The third-order valence-corrected chi connectivity index (χ3v) is 1.95. The van der Waals surface area contributed by atoms with Crippen molar-refractivity contribution >= 4 is 6.09 Å². The summed E-state index contributed by atoms with van der Waals surface area (Å²) in [5, 5.41) is 1.55. The summed E-state index contributed by atoms with van der Waals surface area (Å²) in [5.41, 5.74) is 4.84. The predicted octanol–water partition coefficient (Wildman–Crippen LogP) is -0.530. The van der Waals surface area contributed by atoms with Crippen molar-refractivity contribution in [2.24, 2.45) is 5.73 Å². The maximum Gasteiger partial charge on any atom is 0.423 e. The monoisotopic (exact) mass is 158 g/mol. The van der Waals surface area contributed by atoms with Crippen LogP contribution in [0.2, 0.25) is 0 Å². The molecule has 1 amide bonds. The molecule has 0 spiro atoms. The maximum atomic E-state index is 10.3. The van der Waals surface area contributed by atoms with E-state index in [-0.39, 0.29) is 6.10 Å². The first-order chi connectivity index (χ1) is 5.25. The molecule has 11 heavy (non-hydrogen) atoms. The van der Waals surface area contributed by atoms with E-state index >= 15 is 0 Å². The standard InChI is InChI=1S/C6H10N2O3/c7-6(9)11-8-2-1-4-5(3-8)10-4/h4-5H,1-3H2,(H2,7,9). The second kappa shape index (κ2) is 2.35. The molecule has 5 heteroatoms. The molecule has 0 bridgehead atoms. The zero-order valence-electron chi connectivity index (χ0n) is 6.03. The first-order valence-corrected chi connectivity index (χ1v) is 3.63. The van der Waals surface area contributed by atoms with E-state index in [1.165, 1.54) is 0 Å². The second-order valence-electron chi connectivity index (χ2n) is 2.80. The number of piperidine rings is 1. The molecule has 0 aromatic carbocycles. The molecular formula is C6H10N2O3. The highest BCUT2D eigenvalue weighted by atomic mass is 16.7. The quantitative estimate of drug-likeness (QED) is 0.521. The van der Waals surface area contributed by atoms with Crippen molar-refractivity contribution in [1.82, 2.24) is 5.06 Å². The number of rotatable bonds is 1. The van der Waals surface area contributed by atoms with Crippen LogP contribution >= 0.6 is 0 Å². The fraction of sp³-hybridized carbons (Fsp3) is 0.833. The minimum Gasteiger partial charge on any atom is -0.368 e. The van der Waals surface area contributed by atoms with Gasteiger partial charge in [-0.1, -0.05) is 0 Å².